The van der Waals surface area contributed by atoms with Crippen molar-refractivity contribution in [3.63, 3.8) is 0 Å². The molecule has 0 bridgehead atoms. The Hall–Kier alpha value is -1.26. The summed E-state index contributed by atoms with van der Waals surface area (Å²) in [6.07, 6.45) is 3.68. The molecular formula is C17H28N2O2. The highest BCUT2D eigenvalue weighted by atomic mass is 16.5. The molecule has 4 heteroatoms. The van der Waals surface area contributed by atoms with Crippen LogP contribution in [0.15, 0.2) is 18.2 Å². The van der Waals surface area contributed by atoms with Crippen LogP contribution in [0.25, 0.3) is 0 Å². The third-order valence-electron chi connectivity index (χ3n) is 4.49. The molecule has 1 heterocycles. The molecule has 0 radical (unpaired) electrons. The summed E-state index contributed by atoms with van der Waals surface area (Å²) in [5, 5.41) is 3.27. The fourth-order valence-corrected chi connectivity index (χ4v) is 3.05. The van der Waals surface area contributed by atoms with Gasteiger partial charge < -0.3 is 19.7 Å². The molecule has 1 aromatic rings. The smallest absolute Gasteiger partial charge is 0.127 e. The van der Waals surface area contributed by atoms with E-state index in [2.05, 4.69) is 24.2 Å². The van der Waals surface area contributed by atoms with Gasteiger partial charge in [-0.05, 0) is 59.0 Å². The fourth-order valence-electron chi connectivity index (χ4n) is 3.05. The normalized spacial score (nSPS) is 20.5. The van der Waals surface area contributed by atoms with Crippen LogP contribution in [0.5, 0.6) is 11.5 Å². The largest absolute Gasteiger partial charge is 0.496 e. The Morgan fingerprint density at radius 1 is 1.38 bits per heavy atom. The number of ether oxygens (including phenoxy) is 2. The van der Waals surface area contributed by atoms with Crippen LogP contribution in [0, 0.1) is 0 Å². The van der Waals surface area contributed by atoms with Gasteiger partial charge in [0, 0.05) is 12.1 Å². The van der Waals surface area contributed by atoms with Gasteiger partial charge in [-0.25, -0.2) is 0 Å². The lowest BCUT2D eigenvalue weighted by atomic mass is 10.1. The Kier molecular flexibility index (Phi) is 5.88. The zero-order valence-corrected chi connectivity index (χ0v) is 13.7. The molecule has 0 aromatic heterocycles. The number of hydrogen-bond acceptors (Lipinski definition) is 4. The van der Waals surface area contributed by atoms with Gasteiger partial charge in [0.2, 0.25) is 0 Å². The second-order valence-electron chi connectivity index (χ2n) is 5.80. The van der Waals surface area contributed by atoms with E-state index in [-0.39, 0.29) is 6.04 Å². The predicted octanol–water partition coefficient (Wildman–Crippen LogP) is 2.84. The lowest BCUT2D eigenvalue weighted by Gasteiger charge is -2.22. The number of nitrogens with zero attached hydrogens (tertiary/aromatic N) is 1. The molecule has 2 unspecified atom stereocenters. The van der Waals surface area contributed by atoms with E-state index in [9.17, 15) is 0 Å². The first-order chi connectivity index (χ1) is 10.2. The standard InChI is InChI=1S/C17H28N2O2/c1-13(18-2)17-15(20-4)8-5-9-16(17)21-12-10-14-7-6-11-19(14)3/h5,8-9,13-14,18H,6-7,10-12H2,1-4H3. The summed E-state index contributed by atoms with van der Waals surface area (Å²) in [5.41, 5.74) is 1.10. The lowest BCUT2D eigenvalue weighted by molar-refractivity contribution is 0.230. The fraction of sp³-hybridized carbons (Fsp3) is 0.647. The third kappa shape index (κ3) is 3.89. The van der Waals surface area contributed by atoms with Crippen LogP contribution in [-0.4, -0.2) is 45.3 Å². The van der Waals surface area contributed by atoms with E-state index in [1.807, 2.05) is 25.2 Å². The molecule has 1 aliphatic heterocycles. The van der Waals surface area contributed by atoms with Crippen molar-refractivity contribution < 1.29 is 9.47 Å². The van der Waals surface area contributed by atoms with E-state index >= 15 is 0 Å². The zero-order chi connectivity index (χ0) is 15.2. The highest BCUT2D eigenvalue weighted by molar-refractivity contribution is 5.46. The van der Waals surface area contributed by atoms with Gasteiger partial charge in [-0.2, -0.15) is 0 Å². The van der Waals surface area contributed by atoms with E-state index in [1.165, 1.54) is 19.4 Å². The van der Waals surface area contributed by atoms with Crippen molar-refractivity contribution in [1.29, 1.82) is 0 Å². The van der Waals surface area contributed by atoms with Crippen LogP contribution >= 0.6 is 0 Å². The summed E-state index contributed by atoms with van der Waals surface area (Å²) < 4.78 is 11.5. The van der Waals surface area contributed by atoms with Crippen LogP contribution in [0.3, 0.4) is 0 Å². The van der Waals surface area contributed by atoms with E-state index in [0.29, 0.717) is 6.04 Å². The lowest BCUT2D eigenvalue weighted by Crippen LogP contribution is -2.26. The Labute approximate surface area is 128 Å². The molecule has 0 aliphatic carbocycles. The van der Waals surface area contributed by atoms with E-state index in [1.54, 1.807) is 7.11 Å². The summed E-state index contributed by atoms with van der Waals surface area (Å²) >= 11 is 0. The molecule has 118 valence electrons. The van der Waals surface area contributed by atoms with E-state index in [4.69, 9.17) is 9.47 Å². The number of benzene rings is 1. The van der Waals surface area contributed by atoms with Crippen LogP contribution in [-0.2, 0) is 0 Å². The molecule has 1 aromatic carbocycles. The molecule has 21 heavy (non-hydrogen) atoms. The SMILES string of the molecule is CNC(C)c1c(OC)cccc1OCCC1CCCN1C. The summed E-state index contributed by atoms with van der Waals surface area (Å²) in [6.45, 7) is 4.09. The van der Waals surface area contributed by atoms with Crippen molar-refractivity contribution in [3.8, 4) is 11.5 Å². The molecule has 0 spiro atoms. The van der Waals surface area contributed by atoms with Gasteiger partial charge >= 0.3 is 0 Å². The predicted molar refractivity (Wildman–Crippen MR) is 86.2 cm³/mol. The zero-order valence-electron chi connectivity index (χ0n) is 13.7. The maximum absolute atomic E-state index is 6.07. The maximum atomic E-state index is 6.07. The van der Waals surface area contributed by atoms with Crippen LogP contribution in [0.1, 0.15) is 37.8 Å². The van der Waals surface area contributed by atoms with Gasteiger partial charge in [0.25, 0.3) is 0 Å². The van der Waals surface area contributed by atoms with Gasteiger partial charge in [-0.15, -0.1) is 0 Å². The minimum absolute atomic E-state index is 0.199. The number of methoxy groups -OCH3 is 1. The Morgan fingerprint density at radius 2 is 2.14 bits per heavy atom. The Morgan fingerprint density at radius 3 is 2.76 bits per heavy atom. The molecule has 2 rings (SSSR count). The molecule has 1 saturated heterocycles. The van der Waals surface area contributed by atoms with Crippen molar-refractivity contribution in [3.05, 3.63) is 23.8 Å². The van der Waals surface area contributed by atoms with Crippen molar-refractivity contribution in [2.45, 2.75) is 38.3 Å². The molecule has 2 atom stereocenters. The maximum Gasteiger partial charge on any atom is 0.127 e. The minimum Gasteiger partial charge on any atom is -0.496 e. The highest BCUT2D eigenvalue weighted by Gasteiger charge is 2.21. The third-order valence-corrected chi connectivity index (χ3v) is 4.49. The van der Waals surface area contributed by atoms with Gasteiger partial charge in [0.1, 0.15) is 11.5 Å². The molecule has 4 nitrogen and oxygen atoms in total. The van der Waals surface area contributed by atoms with E-state index < -0.39 is 0 Å². The number of likely N-dealkylation sites (tertiary alicyclic amines) is 1. The summed E-state index contributed by atoms with van der Waals surface area (Å²) in [4.78, 5) is 2.44. The monoisotopic (exact) mass is 292 g/mol. The molecular weight excluding hydrogens is 264 g/mol. The van der Waals surface area contributed by atoms with Gasteiger partial charge in [0.05, 0.1) is 19.3 Å². The average molecular weight is 292 g/mol. The Balaban J connectivity index is 2.01. The van der Waals surface area contributed by atoms with E-state index in [0.717, 1.165) is 30.1 Å². The second-order valence-corrected chi connectivity index (χ2v) is 5.80. The summed E-state index contributed by atoms with van der Waals surface area (Å²) in [7, 11) is 5.87. The van der Waals surface area contributed by atoms with Crippen molar-refractivity contribution >= 4 is 0 Å². The average Bonchev–Trinajstić information content (AvgIpc) is 2.91. The molecule has 1 N–H and O–H groups in total. The topological polar surface area (TPSA) is 33.7 Å². The van der Waals surface area contributed by atoms with Crippen molar-refractivity contribution in [2.75, 3.05) is 34.4 Å². The first-order valence-corrected chi connectivity index (χ1v) is 7.84. The van der Waals surface area contributed by atoms with Gasteiger partial charge in [-0.1, -0.05) is 6.07 Å². The summed E-state index contributed by atoms with van der Waals surface area (Å²) in [5.74, 6) is 1.81. The first-order valence-electron chi connectivity index (χ1n) is 7.84. The number of nitrogens with one attached hydrogen (secondary N) is 1. The minimum atomic E-state index is 0.199. The van der Waals surface area contributed by atoms with Crippen molar-refractivity contribution in [2.24, 2.45) is 0 Å². The quantitative estimate of drug-likeness (QED) is 0.838. The number of rotatable bonds is 7. The van der Waals surface area contributed by atoms with Crippen LogP contribution in [0.2, 0.25) is 0 Å². The summed E-state index contributed by atoms with van der Waals surface area (Å²) in [6, 6.07) is 6.87. The molecule has 0 saturated carbocycles. The highest BCUT2D eigenvalue weighted by Crippen LogP contribution is 2.34. The van der Waals surface area contributed by atoms with Gasteiger partial charge in [-0.3, -0.25) is 0 Å². The molecule has 1 fully saturated rings. The first kappa shape index (κ1) is 16.1. The molecule has 1 aliphatic rings. The Bertz CT molecular complexity index is 450. The van der Waals surface area contributed by atoms with Crippen LogP contribution in [0.4, 0.5) is 0 Å². The van der Waals surface area contributed by atoms with Crippen LogP contribution < -0.4 is 14.8 Å². The number of hydrogen-bond donors (Lipinski definition) is 1. The van der Waals surface area contributed by atoms with Crippen molar-refractivity contribution in [1.82, 2.24) is 10.2 Å². The molecule has 0 amide bonds. The van der Waals surface area contributed by atoms with Gasteiger partial charge in [0.15, 0.2) is 0 Å². The second kappa shape index (κ2) is 7.66.